The first-order valence-electron chi connectivity index (χ1n) is 8.95. The third-order valence-corrected chi connectivity index (χ3v) is 6.46. The molecule has 0 radical (unpaired) electrons. The highest BCUT2D eigenvalue weighted by molar-refractivity contribution is 6.31. The average Bonchev–Trinajstić information content (AvgIpc) is 2.51. The Morgan fingerprint density at radius 3 is 2.64 bits per heavy atom. The fourth-order valence-corrected chi connectivity index (χ4v) is 4.89. The van der Waals surface area contributed by atoms with Gasteiger partial charge in [0.25, 0.3) is 0 Å². The van der Waals surface area contributed by atoms with Crippen molar-refractivity contribution < 1.29 is 9.18 Å². The maximum absolute atomic E-state index is 14.2. The molecule has 2 amide bonds. The number of hydrogen-bond donors (Lipinski definition) is 1. The number of fused-ring (bicyclic) bond motifs is 2. The number of rotatable bonds is 2. The minimum absolute atomic E-state index is 0.0481. The van der Waals surface area contributed by atoms with E-state index in [2.05, 4.69) is 18.3 Å². The third kappa shape index (κ3) is 2.77. The van der Waals surface area contributed by atoms with Crippen LogP contribution in [0.5, 0.6) is 0 Å². The Morgan fingerprint density at radius 2 is 2.04 bits per heavy atom. The first-order chi connectivity index (χ1) is 12.0. The molecule has 4 fully saturated rings. The molecule has 25 heavy (non-hydrogen) atoms. The first kappa shape index (κ1) is 16.7. The van der Waals surface area contributed by atoms with E-state index >= 15 is 0 Å². The molecule has 4 atom stereocenters. The van der Waals surface area contributed by atoms with Crippen molar-refractivity contribution in [2.75, 3.05) is 5.32 Å². The number of amides is 2. The van der Waals surface area contributed by atoms with Gasteiger partial charge in [0.1, 0.15) is 5.82 Å². The average molecular weight is 362 g/mol. The summed E-state index contributed by atoms with van der Waals surface area (Å²) < 4.78 is 14.2. The number of carbonyl (C=O) groups is 1. The van der Waals surface area contributed by atoms with E-state index in [4.69, 9.17) is 16.9 Å². The molecular formula is C19H21ClFN3O. The summed E-state index contributed by atoms with van der Waals surface area (Å²) in [6.45, 7) is 2.22. The highest BCUT2D eigenvalue weighted by atomic mass is 35.5. The fourth-order valence-electron chi connectivity index (χ4n) is 4.64. The van der Waals surface area contributed by atoms with Gasteiger partial charge in [-0.1, -0.05) is 18.5 Å². The number of carbonyl (C=O) groups excluding carboxylic acids is 1. The smallest absolute Gasteiger partial charge is 0.318 e. The van der Waals surface area contributed by atoms with Gasteiger partial charge in [-0.3, -0.25) is 0 Å². The van der Waals surface area contributed by atoms with E-state index in [0.29, 0.717) is 29.3 Å². The number of piperidine rings is 1. The molecular weight excluding hydrogens is 341 g/mol. The van der Waals surface area contributed by atoms with Crippen LogP contribution in [0.15, 0.2) is 12.1 Å². The first-order valence-corrected chi connectivity index (χ1v) is 9.33. The minimum atomic E-state index is -0.546. The second-order valence-corrected chi connectivity index (χ2v) is 8.12. The molecule has 2 unspecified atom stereocenters. The Bertz CT molecular complexity index is 750. The largest absolute Gasteiger partial charge is 0.322 e. The fraction of sp³-hybridized carbons (Fsp3) is 0.579. The molecule has 2 aliphatic heterocycles. The van der Waals surface area contributed by atoms with Crippen molar-refractivity contribution in [2.45, 2.75) is 57.0 Å². The molecule has 5 rings (SSSR count). The molecule has 2 saturated heterocycles. The van der Waals surface area contributed by atoms with E-state index < -0.39 is 5.82 Å². The predicted molar refractivity (Wildman–Crippen MR) is 93.9 cm³/mol. The lowest BCUT2D eigenvalue weighted by molar-refractivity contribution is -0.00601. The van der Waals surface area contributed by atoms with Crippen LogP contribution in [0.2, 0.25) is 5.02 Å². The van der Waals surface area contributed by atoms with Gasteiger partial charge in [-0.25, -0.2) is 9.18 Å². The van der Waals surface area contributed by atoms with Crippen molar-refractivity contribution in [1.29, 1.82) is 5.26 Å². The van der Waals surface area contributed by atoms with E-state index in [1.807, 2.05) is 4.90 Å². The van der Waals surface area contributed by atoms with Gasteiger partial charge in [-0.2, -0.15) is 5.26 Å². The monoisotopic (exact) mass is 361 g/mol. The van der Waals surface area contributed by atoms with Crippen LogP contribution in [0.1, 0.15) is 50.5 Å². The highest BCUT2D eigenvalue weighted by Gasteiger charge is 2.46. The number of urea groups is 1. The molecule has 2 bridgehead atoms. The van der Waals surface area contributed by atoms with Crippen molar-refractivity contribution in [1.82, 2.24) is 4.90 Å². The topological polar surface area (TPSA) is 56.1 Å². The quantitative estimate of drug-likeness (QED) is 0.814. The number of anilines is 1. The number of benzene rings is 1. The molecule has 1 aromatic carbocycles. The lowest BCUT2D eigenvalue weighted by Gasteiger charge is -2.54. The lowest BCUT2D eigenvalue weighted by Crippen LogP contribution is -2.63. The molecule has 0 aromatic heterocycles. The van der Waals surface area contributed by atoms with E-state index in [0.717, 1.165) is 32.1 Å². The van der Waals surface area contributed by atoms with E-state index in [1.165, 1.54) is 6.07 Å². The summed E-state index contributed by atoms with van der Waals surface area (Å²) in [4.78, 5) is 14.5. The SMILES string of the molecule is CC1CC2CC(C1)N2C(=O)Nc1cc(F)c(Cl)c([C@H]2CC[C@@H]2C#N)c1. The number of halogens is 2. The number of hydrogen-bond acceptors (Lipinski definition) is 2. The van der Waals surface area contributed by atoms with Gasteiger partial charge in [-0.15, -0.1) is 0 Å². The Labute approximate surface area is 151 Å². The molecule has 132 valence electrons. The summed E-state index contributed by atoms with van der Waals surface area (Å²) in [6.07, 6.45) is 4.78. The lowest BCUT2D eigenvalue weighted by atomic mass is 9.71. The second kappa shape index (κ2) is 6.17. The van der Waals surface area contributed by atoms with Crippen LogP contribution in [0.25, 0.3) is 0 Å². The predicted octanol–water partition coefficient (Wildman–Crippen LogP) is 4.90. The highest BCUT2D eigenvalue weighted by Crippen LogP contribution is 2.46. The van der Waals surface area contributed by atoms with Crippen LogP contribution >= 0.6 is 11.6 Å². The molecule has 2 heterocycles. The van der Waals surface area contributed by atoms with Crippen LogP contribution < -0.4 is 5.32 Å². The molecule has 1 N–H and O–H groups in total. The Hall–Kier alpha value is -1.80. The Balaban J connectivity index is 1.52. The van der Waals surface area contributed by atoms with Crippen LogP contribution in [-0.2, 0) is 0 Å². The standard InChI is InChI=1S/C19H21ClFN3O/c1-10-4-13-8-14(5-10)24(13)19(25)23-12-6-16(18(20)17(21)7-12)15-3-2-11(15)9-22/h6-7,10-11,13-15H,2-5,8H2,1H3,(H,23,25)/t10?,11-,13?,14?,15+/m1/s1. The number of nitriles is 1. The molecule has 2 saturated carbocycles. The zero-order valence-electron chi connectivity index (χ0n) is 14.1. The van der Waals surface area contributed by atoms with Crippen molar-refractivity contribution in [3.05, 3.63) is 28.5 Å². The number of nitrogens with one attached hydrogen (secondary N) is 1. The second-order valence-electron chi connectivity index (χ2n) is 7.74. The van der Waals surface area contributed by atoms with Crippen LogP contribution in [0, 0.1) is 29.0 Å². The Morgan fingerprint density at radius 1 is 1.32 bits per heavy atom. The zero-order chi connectivity index (χ0) is 17.7. The molecule has 0 spiro atoms. The van der Waals surface area contributed by atoms with Crippen LogP contribution in [-0.4, -0.2) is 23.0 Å². The van der Waals surface area contributed by atoms with Crippen LogP contribution in [0.4, 0.5) is 14.9 Å². The molecule has 6 heteroatoms. The van der Waals surface area contributed by atoms with Gasteiger partial charge in [-0.05, 0) is 55.7 Å². The van der Waals surface area contributed by atoms with Crippen LogP contribution in [0.3, 0.4) is 0 Å². The van der Waals surface area contributed by atoms with Gasteiger partial charge >= 0.3 is 6.03 Å². The Kier molecular flexibility index (Phi) is 4.11. The molecule has 1 aromatic rings. The van der Waals surface area contributed by atoms with Gasteiger partial charge < -0.3 is 10.2 Å². The number of nitrogens with zero attached hydrogens (tertiary/aromatic N) is 2. The van der Waals surface area contributed by atoms with Gasteiger partial charge in [0.05, 0.1) is 17.0 Å². The van der Waals surface area contributed by atoms with Crippen molar-refractivity contribution in [3.63, 3.8) is 0 Å². The van der Waals surface area contributed by atoms with E-state index in [-0.39, 0.29) is 22.9 Å². The zero-order valence-corrected chi connectivity index (χ0v) is 14.9. The normalized spacial score (nSPS) is 33.0. The van der Waals surface area contributed by atoms with Gasteiger partial charge in [0.2, 0.25) is 0 Å². The molecule has 4 nitrogen and oxygen atoms in total. The maximum Gasteiger partial charge on any atom is 0.322 e. The van der Waals surface area contributed by atoms with Gasteiger partial charge in [0.15, 0.2) is 0 Å². The summed E-state index contributed by atoms with van der Waals surface area (Å²) >= 11 is 6.12. The summed E-state index contributed by atoms with van der Waals surface area (Å²) in [5, 5.41) is 12.1. The summed E-state index contributed by atoms with van der Waals surface area (Å²) in [5.74, 6) is -0.0587. The van der Waals surface area contributed by atoms with E-state index in [1.54, 1.807) is 6.07 Å². The van der Waals surface area contributed by atoms with Crippen molar-refractivity contribution in [3.8, 4) is 6.07 Å². The van der Waals surface area contributed by atoms with Gasteiger partial charge in [0, 0.05) is 23.7 Å². The molecule has 4 aliphatic rings. The van der Waals surface area contributed by atoms with Crippen molar-refractivity contribution in [2.24, 2.45) is 11.8 Å². The molecule has 2 aliphatic carbocycles. The summed E-state index contributed by atoms with van der Waals surface area (Å²) in [5.41, 5.74) is 1.05. The minimum Gasteiger partial charge on any atom is -0.318 e. The maximum atomic E-state index is 14.2. The van der Waals surface area contributed by atoms with Crippen molar-refractivity contribution >= 4 is 23.3 Å². The van der Waals surface area contributed by atoms with E-state index in [9.17, 15) is 9.18 Å². The third-order valence-electron chi connectivity index (χ3n) is 6.06. The summed E-state index contributed by atoms with van der Waals surface area (Å²) in [7, 11) is 0. The summed E-state index contributed by atoms with van der Waals surface area (Å²) in [6, 6.07) is 5.70.